The molecule has 1 N–H and O–H groups in total. The lowest BCUT2D eigenvalue weighted by Crippen LogP contribution is -2.46. The maximum absolute atomic E-state index is 13.4. The van der Waals surface area contributed by atoms with Crippen LogP contribution in [0, 0.1) is 11.3 Å². The summed E-state index contributed by atoms with van der Waals surface area (Å²) in [6, 6.07) is 13.1. The number of anilines is 2. The Kier molecular flexibility index (Phi) is 5.65. The van der Waals surface area contributed by atoms with Crippen LogP contribution in [0.5, 0.6) is 0 Å². The summed E-state index contributed by atoms with van der Waals surface area (Å²) >= 11 is 0. The second-order valence-corrected chi connectivity index (χ2v) is 8.28. The van der Waals surface area contributed by atoms with Gasteiger partial charge in [0.1, 0.15) is 11.4 Å². The van der Waals surface area contributed by atoms with Crippen LogP contribution in [0.15, 0.2) is 54.7 Å². The zero-order chi connectivity index (χ0) is 24.7. The van der Waals surface area contributed by atoms with E-state index in [1.165, 1.54) is 30.9 Å². The van der Waals surface area contributed by atoms with E-state index in [0.29, 0.717) is 11.9 Å². The zero-order valence-corrected chi connectivity index (χ0v) is 18.3. The molecule has 1 aromatic heterocycles. The topological polar surface area (TPSA) is 89.3 Å². The number of imide groups is 1. The van der Waals surface area contributed by atoms with Crippen molar-refractivity contribution in [2.24, 2.45) is 0 Å². The van der Waals surface area contributed by atoms with E-state index in [9.17, 15) is 22.8 Å². The molecule has 174 valence electrons. The number of carbonyl (C=O) groups is 2. The molecule has 34 heavy (non-hydrogen) atoms. The van der Waals surface area contributed by atoms with Gasteiger partial charge in [-0.25, -0.2) is 14.7 Å². The summed E-state index contributed by atoms with van der Waals surface area (Å²) in [5.74, 6) is -0.0359. The van der Waals surface area contributed by atoms with Crippen molar-refractivity contribution in [3.63, 3.8) is 0 Å². The molecule has 0 atom stereocenters. The number of pyridine rings is 1. The lowest BCUT2D eigenvalue weighted by atomic mass is 10.0. The number of carbonyl (C=O) groups excluding carboxylic acids is 2. The van der Waals surface area contributed by atoms with Crippen molar-refractivity contribution in [1.82, 2.24) is 9.88 Å². The predicted octanol–water partition coefficient (Wildman–Crippen LogP) is 4.78. The van der Waals surface area contributed by atoms with E-state index in [4.69, 9.17) is 5.26 Å². The summed E-state index contributed by atoms with van der Waals surface area (Å²) in [7, 11) is 0. The standard InChI is InChI=1S/C24H20F3N5O2/c1-23(2)21(33)32(17-8-7-16(14-28)19(13-17)24(25,26)27)22(34)31(23)12-11-30-20-18-6-4-3-5-15(18)9-10-29-20/h3-10,13H,11-12H2,1-2H3,(H,29,30). The molecule has 0 bridgehead atoms. The van der Waals surface area contributed by atoms with E-state index in [1.807, 2.05) is 30.3 Å². The van der Waals surface area contributed by atoms with Crippen molar-refractivity contribution in [3.8, 4) is 6.07 Å². The number of nitriles is 1. The van der Waals surface area contributed by atoms with Gasteiger partial charge in [-0.2, -0.15) is 18.4 Å². The second kappa shape index (κ2) is 8.33. The van der Waals surface area contributed by atoms with Crippen LogP contribution < -0.4 is 10.2 Å². The minimum Gasteiger partial charge on any atom is -0.368 e. The van der Waals surface area contributed by atoms with Gasteiger partial charge in [0.15, 0.2) is 0 Å². The fourth-order valence-electron chi connectivity index (χ4n) is 3.99. The Labute approximate surface area is 193 Å². The van der Waals surface area contributed by atoms with E-state index in [0.717, 1.165) is 21.7 Å². The van der Waals surface area contributed by atoms with Crippen molar-refractivity contribution in [1.29, 1.82) is 5.26 Å². The van der Waals surface area contributed by atoms with Crippen molar-refractivity contribution >= 4 is 34.2 Å². The number of nitrogens with zero attached hydrogens (tertiary/aromatic N) is 4. The molecule has 2 heterocycles. The highest BCUT2D eigenvalue weighted by Gasteiger charge is 2.52. The predicted molar refractivity (Wildman–Crippen MR) is 120 cm³/mol. The van der Waals surface area contributed by atoms with E-state index >= 15 is 0 Å². The van der Waals surface area contributed by atoms with Gasteiger partial charge in [-0.05, 0) is 43.5 Å². The summed E-state index contributed by atoms with van der Waals surface area (Å²) in [5, 5.41) is 14.1. The largest absolute Gasteiger partial charge is 0.417 e. The first-order valence-corrected chi connectivity index (χ1v) is 10.4. The minimum atomic E-state index is -4.81. The van der Waals surface area contributed by atoms with Gasteiger partial charge in [-0.3, -0.25) is 4.79 Å². The molecule has 1 fully saturated rings. The number of alkyl halides is 3. The number of fused-ring (bicyclic) bond motifs is 1. The Balaban J connectivity index is 1.57. The van der Waals surface area contributed by atoms with Crippen LogP contribution in [0.1, 0.15) is 25.0 Å². The van der Waals surface area contributed by atoms with Crippen LogP contribution in [0.2, 0.25) is 0 Å². The summed E-state index contributed by atoms with van der Waals surface area (Å²) in [6.07, 6.45) is -3.15. The third kappa shape index (κ3) is 3.90. The van der Waals surface area contributed by atoms with Crippen molar-refractivity contribution in [2.45, 2.75) is 25.6 Å². The highest BCUT2D eigenvalue weighted by Crippen LogP contribution is 2.37. The summed E-state index contributed by atoms with van der Waals surface area (Å²) < 4.78 is 40.2. The molecule has 4 rings (SSSR count). The number of benzene rings is 2. The Morgan fingerprint density at radius 3 is 2.56 bits per heavy atom. The molecule has 10 heteroatoms. The second-order valence-electron chi connectivity index (χ2n) is 8.28. The van der Waals surface area contributed by atoms with E-state index < -0.39 is 34.8 Å². The Hall–Kier alpha value is -4.13. The molecule has 3 aromatic rings. The monoisotopic (exact) mass is 467 g/mol. The number of amides is 3. The number of halogens is 3. The van der Waals surface area contributed by atoms with Crippen LogP contribution in [0.3, 0.4) is 0 Å². The Morgan fingerprint density at radius 1 is 1.12 bits per heavy atom. The first kappa shape index (κ1) is 23.0. The fraction of sp³-hybridized carbons (Fsp3) is 0.250. The normalized spacial score (nSPS) is 15.6. The molecule has 1 saturated heterocycles. The molecule has 3 amide bonds. The molecular formula is C24H20F3N5O2. The van der Waals surface area contributed by atoms with Gasteiger partial charge < -0.3 is 10.2 Å². The van der Waals surface area contributed by atoms with E-state index in [2.05, 4.69) is 10.3 Å². The maximum Gasteiger partial charge on any atom is 0.417 e. The van der Waals surface area contributed by atoms with Crippen LogP contribution in [-0.4, -0.2) is 40.5 Å². The molecule has 1 aliphatic rings. The zero-order valence-electron chi connectivity index (χ0n) is 18.3. The molecule has 0 spiro atoms. The number of hydrogen-bond acceptors (Lipinski definition) is 5. The van der Waals surface area contributed by atoms with Crippen molar-refractivity contribution < 1.29 is 22.8 Å². The molecular weight excluding hydrogens is 447 g/mol. The number of urea groups is 1. The van der Waals surface area contributed by atoms with Gasteiger partial charge in [0.05, 0.1) is 22.9 Å². The molecule has 0 unspecified atom stereocenters. The first-order valence-electron chi connectivity index (χ1n) is 10.4. The molecule has 0 aliphatic carbocycles. The molecule has 0 saturated carbocycles. The summed E-state index contributed by atoms with van der Waals surface area (Å²) in [4.78, 5) is 32.6. The SMILES string of the molecule is CC1(C)C(=O)N(c2ccc(C#N)c(C(F)(F)F)c2)C(=O)N1CCNc1nccc2ccccc12. The molecule has 0 radical (unpaired) electrons. The van der Waals surface area contributed by atoms with Gasteiger partial charge in [-0.1, -0.05) is 24.3 Å². The van der Waals surface area contributed by atoms with Crippen LogP contribution in [-0.2, 0) is 11.0 Å². The Bertz CT molecular complexity index is 1320. The first-order chi connectivity index (χ1) is 16.1. The summed E-state index contributed by atoms with van der Waals surface area (Å²) in [5.41, 5.74) is -3.30. The van der Waals surface area contributed by atoms with E-state index in [-0.39, 0.29) is 18.8 Å². The number of nitrogens with one attached hydrogen (secondary N) is 1. The Morgan fingerprint density at radius 2 is 1.85 bits per heavy atom. The van der Waals surface area contributed by atoms with Crippen LogP contribution >= 0.6 is 0 Å². The number of hydrogen-bond donors (Lipinski definition) is 1. The average molecular weight is 467 g/mol. The van der Waals surface area contributed by atoms with Gasteiger partial charge >= 0.3 is 12.2 Å². The minimum absolute atomic E-state index is 0.112. The molecule has 1 aliphatic heterocycles. The fourth-order valence-corrected chi connectivity index (χ4v) is 3.99. The van der Waals surface area contributed by atoms with Crippen LogP contribution in [0.25, 0.3) is 10.8 Å². The van der Waals surface area contributed by atoms with Gasteiger partial charge in [0.2, 0.25) is 0 Å². The summed E-state index contributed by atoms with van der Waals surface area (Å²) in [6.45, 7) is 3.45. The highest BCUT2D eigenvalue weighted by molar-refractivity contribution is 6.23. The average Bonchev–Trinajstić information content (AvgIpc) is 2.97. The third-order valence-electron chi connectivity index (χ3n) is 5.81. The quantitative estimate of drug-likeness (QED) is 0.546. The van der Waals surface area contributed by atoms with Crippen LogP contribution in [0.4, 0.5) is 29.5 Å². The van der Waals surface area contributed by atoms with Gasteiger partial charge in [-0.15, -0.1) is 0 Å². The van der Waals surface area contributed by atoms with Gasteiger partial charge in [0.25, 0.3) is 5.91 Å². The lowest BCUT2D eigenvalue weighted by Gasteiger charge is -2.27. The highest BCUT2D eigenvalue weighted by atomic mass is 19.4. The van der Waals surface area contributed by atoms with Crippen molar-refractivity contribution in [3.05, 3.63) is 65.9 Å². The number of rotatable bonds is 5. The maximum atomic E-state index is 13.4. The smallest absolute Gasteiger partial charge is 0.368 e. The number of aromatic nitrogens is 1. The third-order valence-corrected chi connectivity index (χ3v) is 5.81. The van der Waals surface area contributed by atoms with Crippen molar-refractivity contribution in [2.75, 3.05) is 23.3 Å². The lowest BCUT2D eigenvalue weighted by molar-refractivity contribution is -0.137. The molecule has 2 aromatic carbocycles. The molecule has 7 nitrogen and oxygen atoms in total. The van der Waals surface area contributed by atoms with E-state index in [1.54, 1.807) is 6.20 Å². The van der Waals surface area contributed by atoms with Gasteiger partial charge in [0, 0.05) is 24.7 Å².